The second kappa shape index (κ2) is 6.35. The van der Waals surface area contributed by atoms with Gasteiger partial charge in [-0.3, -0.25) is 5.10 Å². The number of benzene rings is 1. The van der Waals surface area contributed by atoms with Crippen molar-refractivity contribution in [3.8, 4) is 0 Å². The quantitative estimate of drug-likeness (QED) is 0.544. The molecule has 4 aliphatic carbocycles. The number of anilines is 1. The molecule has 3 fully saturated rings. The number of nitrogens with one attached hydrogen (secondary N) is 1. The van der Waals surface area contributed by atoms with Gasteiger partial charge in [-0.15, -0.1) is 0 Å². The van der Waals surface area contributed by atoms with Gasteiger partial charge in [0.05, 0.1) is 11.6 Å². The summed E-state index contributed by atoms with van der Waals surface area (Å²) in [4.78, 5) is 0. The number of hydrogen-bond donors (Lipinski definition) is 3. The Morgan fingerprint density at radius 3 is 2.83 bits per heavy atom. The SMILES string of the molecule is C[C@]12CC[C@H]3[C@@H](CC=C4C[C@@H](O)CC[C@@]43C)[C@@H]1CC[C@@H]2c1ccc2c(N)n[nH]c2c1. The largest absolute Gasteiger partial charge is 0.393 e. The number of H-pyrrole nitrogens is 1. The molecule has 0 bridgehead atoms. The molecule has 0 aliphatic heterocycles. The van der Waals surface area contributed by atoms with Gasteiger partial charge in [-0.1, -0.05) is 31.6 Å². The zero-order valence-electron chi connectivity index (χ0n) is 18.3. The maximum absolute atomic E-state index is 10.2. The number of fused-ring (bicyclic) bond motifs is 6. The van der Waals surface area contributed by atoms with Gasteiger partial charge in [0.2, 0.25) is 0 Å². The van der Waals surface area contributed by atoms with Crippen LogP contribution in [0.15, 0.2) is 29.8 Å². The van der Waals surface area contributed by atoms with Gasteiger partial charge in [-0.05, 0) is 104 Å². The van der Waals surface area contributed by atoms with Crippen molar-refractivity contribution >= 4 is 16.7 Å². The number of nitrogens with zero attached hydrogens (tertiary/aromatic N) is 1. The summed E-state index contributed by atoms with van der Waals surface area (Å²) in [6.45, 7) is 5.11. The third kappa shape index (κ3) is 2.46. The normalized spacial score (nSPS) is 43.0. The fourth-order valence-electron chi connectivity index (χ4n) is 8.46. The molecule has 2 aromatic rings. The average Bonchev–Trinajstić information content (AvgIpc) is 3.28. The van der Waals surface area contributed by atoms with Crippen molar-refractivity contribution in [1.82, 2.24) is 10.2 Å². The van der Waals surface area contributed by atoms with Crippen molar-refractivity contribution in [2.24, 2.45) is 28.6 Å². The van der Waals surface area contributed by atoms with Gasteiger partial charge < -0.3 is 10.8 Å². The van der Waals surface area contributed by atoms with E-state index in [1.165, 1.54) is 44.1 Å². The van der Waals surface area contributed by atoms with E-state index in [2.05, 4.69) is 48.3 Å². The van der Waals surface area contributed by atoms with E-state index < -0.39 is 0 Å². The molecule has 3 saturated carbocycles. The summed E-state index contributed by atoms with van der Waals surface area (Å²) in [5.41, 5.74) is 10.8. The minimum absolute atomic E-state index is 0.114. The van der Waals surface area contributed by atoms with E-state index in [0.717, 1.165) is 41.5 Å². The molecule has 7 atom stereocenters. The highest BCUT2D eigenvalue weighted by Gasteiger charge is 2.58. The van der Waals surface area contributed by atoms with Gasteiger partial charge in [0.15, 0.2) is 5.82 Å². The zero-order chi connectivity index (χ0) is 20.7. The van der Waals surface area contributed by atoms with E-state index in [1.807, 2.05) is 0 Å². The number of hydrogen-bond acceptors (Lipinski definition) is 3. The Kier molecular flexibility index (Phi) is 4.01. The molecule has 1 aromatic heterocycles. The summed E-state index contributed by atoms with van der Waals surface area (Å²) in [5.74, 6) is 3.65. The summed E-state index contributed by atoms with van der Waals surface area (Å²) < 4.78 is 0. The van der Waals surface area contributed by atoms with Gasteiger partial charge >= 0.3 is 0 Å². The lowest BCUT2D eigenvalue weighted by Crippen LogP contribution is -2.50. The maximum Gasteiger partial charge on any atom is 0.153 e. The van der Waals surface area contributed by atoms with Crippen LogP contribution in [-0.2, 0) is 0 Å². The highest BCUT2D eigenvalue weighted by molar-refractivity contribution is 5.89. The molecule has 0 saturated heterocycles. The Morgan fingerprint density at radius 1 is 1.10 bits per heavy atom. The van der Waals surface area contributed by atoms with Gasteiger partial charge in [0.1, 0.15) is 0 Å². The van der Waals surface area contributed by atoms with Gasteiger partial charge in [0, 0.05) is 5.39 Å². The Hall–Kier alpha value is -1.81. The molecular weight excluding hydrogens is 370 g/mol. The Labute approximate surface area is 179 Å². The van der Waals surface area contributed by atoms with E-state index in [1.54, 1.807) is 5.57 Å². The number of aromatic nitrogens is 2. The molecule has 4 aliphatic rings. The molecule has 4 nitrogen and oxygen atoms in total. The van der Waals surface area contributed by atoms with E-state index in [4.69, 9.17) is 5.73 Å². The molecule has 0 radical (unpaired) electrons. The molecule has 1 aromatic carbocycles. The van der Waals surface area contributed by atoms with Crippen LogP contribution >= 0.6 is 0 Å². The molecular formula is C26H35N3O. The summed E-state index contributed by atoms with van der Waals surface area (Å²) in [6.07, 6.45) is 12.1. The highest BCUT2D eigenvalue weighted by atomic mass is 16.3. The molecule has 0 spiro atoms. The summed E-state index contributed by atoms with van der Waals surface area (Å²) >= 11 is 0. The van der Waals surface area contributed by atoms with Crippen LogP contribution in [0.4, 0.5) is 5.82 Å². The zero-order valence-corrected chi connectivity index (χ0v) is 18.3. The monoisotopic (exact) mass is 405 g/mol. The second-order valence-electron chi connectivity index (χ2n) is 11.2. The molecule has 0 amide bonds. The average molecular weight is 406 g/mol. The summed E-state index contributed by atoms with van der Waals surface area (Å²) in [6, 6.07) is 6.78. The predicted octanol–water partition coefficient (Wildman–Crippen LogP) is 5.55. The van der Waals surface area contributed by atoms with Gasteiger partial charge in [-0.2, -0.15) is 5.10 Å². The van der Waals surface area contributed by atoms with Gasteiger partial charge in [0.25, 0.3) is 0 Å². The first-order chi connectivity index (χ1) is 14.4. The van der Waals surface area contributed by atoms with E-state index in [0.29, 0.717) is 22.6 Å². The molecule has 1 heterocycles. The number of nitrogens with two attached hydrogens (primary N) is 1. The fourth-order valence-corrected chi connectivity index (χ4v) is 8.46. The first-order valence-electron chi connectivity index (χ1n) is 12.0. The molecule has 30 heavy (non-hydrogen) atoms. The van der Waals surface area contributed by atoms with E-state index in [-0.39, 0.29) is 6.10 Å². The van der Waals surface area contributed by atoms with Crippen LogP contribution in [-0.4, -0.2) is 21.4 Å². The highest BCUT2D eigenvalue weighted by Crippen LogP contribution is 2.68. The lowest BCUT2D eigenvalue weighted by Gasteiger charge is -2.58. The number of aliphatic hydroxyl groups is 1. The van der Waals surface area contributed by atoms with Crippen molar-refractivity contribution in [2.45, 2.75) is 77.2 Å². The topological polar surface area (TPSA) is 74.9 Å². The third-order valence-electron chi connectivity index (χ3n) is 10.1. The van der Waals surface area contributed by atoms with Crippen molar-refractivity contribution in [2.75, 3.05) is 5.73 Å². The van der Waals surface area contributed by atoms with Crippen LogP contribution in [0.3, 0.4) is 0 Å². The van der Waals surface area contributed by atoms with Crippen molar-refractivity contribution < 1.29 is 5.11 Å². The minimum Gasteiger partial charge on any atom is -0.393 e. The number of allylic oxidation sites excluding steroid dienone is 1. The number of nitrogen functional groups attached to an aromatic ring is 1. The first kappa shape index (κ1) is 18.9. The molecule has 4 N–H and O–H groups in total. The van der Waals surface area contributed by atoms with Crippen molar-refractivity contribution in [3.05, 3.63) is 35.4 Å². The predicted molar refractivity (Wildman–Crippen MR) is 121 cm³/mol. The van der Waals surface area contributed by atoms with E-state index in [9.17, 15) is 5.11 Å². The molecule has 0 unspecified atom stereocenters. The van der Waals surface area contributed by atoms with Gasteiger partial charge in [-0.25, -0.2) is 0 Å². The van der Waals surface area contributed by atoms with E-state index >= 15 is 0 Å². The first-order valence-corrected chi connectivity index (χ1v) is 12.0. The van der Waals surface area contributed by atoms with Crippen LogP contribution in [0.2, 0.25) is 0 Å². The summed E-state index contributed by atoms with van der Waals surface area (Å²) in [7, 11) is 0. The standard InChI is InChI=1S/C26H35N3O/c1-25-11-9-17(30)14-16(25)4-6-18-21-8-7-20(26(21,2)12-10-22(18)25)15-3-5-19-23(13-15)28-29-24(19)27/h3-5,13,17-18,20-22,30H,6-12,14H2,1-2H3,(H3,27,28,29)/t17-,18-,20+,21-,22-,25-,26+/m0/s1. The lowest BCUT2D eigenvalue weighted by molar-refractivity contribution is -0.0409. The van der Waals surface area contributed by atoms with Crippen LogP contribution in [0, 0.1) is 28.6 Å². The maximum atomic E-state index is 10.2. The Bertz CT molecular complexity index is 1020. The minimum atomic E-state index is -0.114. The van der Waals surface area contributed by atoms with Crippen molar-refractivity contribution in [3.63, 3.8) is 0 Å². The smallest absolute Gasteiger partial charge is 0.153 e. The number of rotatable bonds is 1. The van der Waals surface area contributed by atoms with Crippen molar-refractivity contribution in [1.29, 1.82) is 0 Å². The van der Waals surface area contributed by atoms with Crippen LogP contribution in [0.1, 0.15) is 76.7 Å². The molecule has 6 rings (SSSR count). The second-order valence-corrected chi connectivity index (χ2v) is 11.2. The Morgan fingerprint density at radius 2 is 1.97 bits per heavy atom. The number of aromatic amines is 1. The molecule has 160 valence electrons. The number of aliphatic hydroxyl groups excluding tert-OH is 1. The molecule has 4 heteroatoms. The summed E-state index contributed by atoms with van der Waals surface area (Å²) in [5, 5.41) is 18.6. The van der Waals surface area contributed by atoms with Crippen LogP contribution in [0.25, 0.3) is 10.9 Å². The Balaban J connectivity index is 1.33. The van der Waals surface area contributed by atoms with Crippen LogP contribution < -0.4 is 5.73 Å². The van der Waals surface area contributed by atoms with Crippen LogP contribution in [0.5, 0.6) is 0 Å². The lowest BCUT2D eigenvalue weighted by atomic mass is 9.47. The third-order valence-corrected chi connectivity index (χ3v) is 10.1. The fraction of sp³-hybridized carbons (Fsp3) is 0.654.